The molecule has 0 atom stereocenters. The number of carbonyl (C=O) groups is 3. The number of likely N-dealkylation sites (tertiary alicyclic amines) is 1. The average molecular weight is 635 g/mol. The zero-order chi connectivity index (χ0) is 31.6. The summed E-state index contributed by atoms with van der Waals surface area (Å²) in [6.07, 6.45) is 6.12. The number of esters is 1. The Kier molecular flexibility index (Phi) is 11.3. The van der Waals surface area contributed by atoms with Crippen LogP contribution < -0.4 is 5.32 Å². The van der Waals surface area contributed by atoms with E-state index < -0.39 is 11.9 Å². The highest BCUT2D eigenvalue weighted by Gasteiger charge is 2.26. The number of aromatic amines is 1. The number of carbonyl (C=O) groups excluding carboxylic acids is 3. The van der Waals surface area contributed by atoms with Crippen molar-refractivity contribution in [3.8, 4) is 11.3 Å². The Bertz CT molecular complexity index is 1620. The van der Waals surface area contributed by atoms with Gasteiger partial charge < -0.3 is 15.0 Å². The predicted molar refractivity (Wildman–Crippen MR) is 173 cm³/mol. The summed E-state index contributed by atoms with van der Waals surface area (Å²) in [4.78, 5) is 40.3. The van der Waals surface area contributed by atoms with Crippen molar-refractivity contribution in [2.24, 2.45) is 0 Å². The Morgan fingerprint density at radius 1 is 1.07 bits per heavy atom. The molecule has 8 nitrogen and oxygen atoms in total. The SMILES string of the molecule is C=CCOC(=O)c1ccc(C2CCN(C(=O)c3cc(NC(=O)c4cn[nH]c4-c4ccc(F)cc4)ccc3Cl)CC2)cc1.CS. The second kappa shape index (κ2) is 15.4. The molecule has 1 aromatic heterocycles. The molecular formula is C33H32ClFN4O4S. The van der Waals surface area contributed by atoms with E-state index in [1.807, 2.05) is 12.1 Å². The van der Waals surface area contributed by atoms with Gasteiger partial charge >= 0.3 is 5.97 Å². The Labute approximate surface area is 265 Å². The van der Waals surface area contributed by atoms with Gasteiger partial charge in [0, 0.05) is 24.3 Å². The Morgan fingerprint density at radius 3 is 2.41 bits per heavy atom. The lowest BCUT2D eigenvalue weighted by Gasteiger charge is -2.32. The van der Waals surface area contributed by atoms with Crippen LogP contribution in [0.3, 0.4) is 0 Å². The van der Waals surface area contributed by atoms with Crippen molar-refractivity contribution >= 4 is 47.7 Å². The second-order valence-corrected chi connectivity index (χ2v) is 10.3. The summed E-state index contributed by atoms with van der Waals surface area (Å²) >= 11 is 9.94. The minimum absolute atomic E-state index is 0.162. The zero-order valence-electron chi connectivity index (χ0n) is 24.1. The number of piperidine rings is 1. The average Bonchev–Trinajstić information content (AvgIpc) is 3.56. The number of hydrogen-bond donors (Lipinski definition) is 3. The van der Waals surface area contributed by atoms with Crippen LogP contribution in [0.1, 0.15) is 55.4 Å². The van der Waals surface area contributed by atoms with Gasteiger partial charge in [-0.25, -0.2) is 9.18 Å². The Morgan fingerprint density at radius 2 is 1.75 bits per heavy atom. The molecule has 1 fully saturated rings. The molecule has 1 aliphatic rings. The molecule has 0 bridgehead atoms. The Balaban J connectivity index is 0.00000216. The van der Waals surface area contributed by atoms with E-state index in [2.05, 4.69) is 34.7 Å². The van der Waals surface area contributed by atoms with Gasteiger partial charge in [-0.15, -0.1) is 0 Å². The highest BCUT2D eigenvalue weighted by atomic mass is 35.5. The molecule has 4 aromatic rings. The molecule has 2 amide bonds. The van der Waals surface area contributed by atoms with E-state index in [9.17, 15) is 18.8 Å². The van der Waals surface area contributed by atoms with Gasteiger partial charge in [0.2, 0.25) is 0 Å². The number of nitrogens with one attached hydrogen (secondary N) is 2. The molecule has 0 spiro atoms. The number of hydrogen-bond acceptors (Lipinski definition) is 6. The van der Waals surface area contributed by atoms with Crippen LogP contribution in [0.15, 0.2) is 85.6 Å². The van der Waals surface area contributed by atoms with Crippen LogP contribution in [0, 0.1) is 5.82 Å². The van der Waals surface area contributed by atoms with Crippen LogP contribution in [-0.4, -0.2) is 58.8 Å². The fourth-order valence-electron chi connectivity index (χ4n) is 4.96. The molecule has 5 rings (SSSR count). The molecule has 1 aliphatic heterocycles. The van der Waals surface area contributed by atoms with Gasteiger partial charge in [0.1, 0.15) is 12.4 Å². The first-order chi connectivity index (χ1) is 21.3. The van der Waals surface area contributed by atoms with Crippen molar-refractivity contribution < 1.29 is 23.5 Å². The molecule has 2 N–H and O–H groups in total. The number of H-pyrrole nitrogens is 1. The van der Waals surface area contributed by atoms with E-state index in [0.29, 0.717) is 41.2 Å². The van der Waals surface area contributed by atoms with Crippen LogP contribution in [0.2, 0.25) is 5.02 Å². The van der Waals surface area contributed by atoms with Crippen molar-refractivity contribution in [1.82, 2.24) is 15.1 Å². The van der Waals surface area contributed by atoms with Gasteiger partial charge in [-0.05, 0) is 85.2 Å². The number of anilines is 1. The monoisotopic (exact) mass is 634 g/mol. The van der Waals surface area contributed by atoms with E-state index in [0.717, 1.165) is 18.4 Å². The summed E-state index contributed by atoms with van der Waals surface area (Å²) in [6.45, 7) is 4.78. The molecule has 44 heavy (non-hydrogen) atoms. The molecule has 2 heterocycles. The van der Waals surface area contributed by atoms with E-state index in [1.165, 1.54) is 24.4 Å². The lowest BCUT2D eigenvalue weighted by molar-refractivity contribution is 0.0549. The van der Waals surface area contributed by atoms with Crippen molar-refractivity contribution in [2.75, 3.05) is 31.3 Å². The number of nitrogens with zero attached hydrogens (tertiary/aromatic N) is 2. The van der Waals surface area contributed by atoms with Crippen LogP contribution in [0.25, 0.3) is 11.3 Å². The Hall–Kier alpha value is -4.41. The van der Waals surface area contributed by atoms with Crippen molar-refractivity contribution in [3.63, 3.8) is 0 Å². The van der Waals surface area contributed by atoms with Crippen molar-refractivity contribution in [2.45, 2.75) is 18.8 Å². The third-order valence-corrected chi connectivity index (χ3v) is 7.53. The first kappa shape index (κ1) is 32.5. The van der Waals surface area contributed by atoms with Gasteiger partial charge in [0.15, 0.2) is 0 Å². The van der Waals surface area contributed by atoms with Crippen LogP contribution >= 0.6 is 24.2 Å². The maximum atomic E-state index is 13.4. The molecule has 3 aromatic carbocycles. The number of benzene rings is 3. The quantitative estimate of drug-likeness (QED) is 0.110. The van der Waals surface area contributed by atoms with Crippen molar-refractivity contribution in [3.05, 3.63) is 119 Å². The lowest BCUT2D eigenvalue weighted by atomic mass is 9.88. The maximum Gasteiger partial charge on any atom is 0.338 e. The molecule has 0 saturated carbocycles. The predicted octanol–water partition coefficient (Wildman–Crippen LogP) is 7.03. The second-order valence-electron chi connectivity index (χ2n) is 9.89. The van der Waals surface area contributed by atoms with Gasteiger partial charge in [-0.1, -0.05) is 36.4 Å². The molecule has 0 radical (unpaired) electrons. The summed E-state index contributed by atoms with van der Waals surface area (Å²) in [5.74, 6) is -1.19. The van der Waals surface area contributed by atoms with Gasteiger partial charge in [-0.2, -0.15) is 17.7 Å². The van der Waals surface area contributed by atoms with Gasteiger partial charge in [0.05, 0.1) is 33.6 Å². The van der Waals surface area contributed by atoms with Crippen LogP contribution in [0.5, 0.6) is 0 Å². The smallest absolute Gasteiger partial charge is 0.338 e. The van der Waals surface area contributed by atoms with Gasteiger partial charge in [0.25, 0.3) is 11.8 Å². The van der Waals surface area contributed by atoms with E-state index in [4.69, 9.17) is 16.3 Å². The molecule has 11 heteroatoms. The number of halogens is 2. The van der Waals surface area contributed by atoms with Gasteiger partial charge in [-0.3, -0.25) is 14.7 Å². The van der Waals surface area contributed by atoms with E-state index in [-0.39, 0.29) is 34.8 Å². The first-order valence-electron chi connectivity index (χ1n) is 13.9. The summed E-state index contributed by atoms with van der Waals surface area (Å²) in [6, 6.07) is 17.8. The number of thiol groups is 1. The van der Waals surface area contributed by atoms with Crippen molar-refractivity contribution in [1.29, 1.82) is 0 Å². The molecule has 228 valence electrons. The normalized spacial score (nSPS) is 13.0. The standard InChI is InChI=1S/C32H28ClFN4O4.CH4S/c1-2-17-42-32(41)23-5-3-20(4-6-23)21-13-15-38(16-14-21)31(40)26-18-25(11-12-28(26)33)36-30(39)27-19-35-37-29(27)22-7-9-24(34)10-8-22;1-2/h2-12,18-19,21H,1,13-17H2,(H,35,37)(H,36,39);2H,1H3. The fraction of sp³-hybridized carbons (Fsp3) is 0.212. The van der Waals surface area contributed by atoms with Crippen LogP contribution in [-0.2, 0) is 4.74 Å². The lowest BCUT2D eigenvalue weighted by Crippen LogP contribution is -2.38. The molecular weight excluding hydrogens is 603 g/mol. The number of aromatic nitrogens is 2. The van der Waals surface area contributed by atoms with Crippen LogP contribution in [0.4, 0.5) is 10.1 Å². The van der Waals surface area contributed by atoms with E-state index in [1.54, 1.807) is 53.6 Å². The highest BCUT2D eigenvalue weighted by molar-refractivity contribution is 7.79. The highest BCUT2D eigenvalue weighted by Crippen LogP contribution is 2.31. The maximum absolute atomic E-state index is 13.4. The number of rotatable bonds is 8. The third-order valence-electron chi connectivity index (χ3n) is 7.20. The minimum Gasteiger partial charge on any atom is -0.458 e. The topological polar surface area (TPSA) is 104 Å². The number of amides is 2. The largest absolute Gasteiger partial charge is 0.458 e. The molecule has 0 aliphatic carbocycles. The third kappa shape index (κ3) is 7.75. The minimum atomic E-state index is -0.440. The zero-order valence-corrected chi connectivity index (χ0v) is 25.7. The summed E-state index contributed by atoms with van der Waals surface area (Å²) in [5, 5.41) is 9.84. The molecule has 0 unspecified atom stereocenters. The summed E-state index contributed by atoms with van der Waals surface area (Å²) in [7, 11) is 0. The number of ether oxygens (including phenoxy) is 1. The first-order valence-corrected chi connectivity index (χ1v) is 15.1. The summed E-state index contributed by atoms with van der Waals surface area (Å²) < 4.78 is 18.4. The van der Waals surface area contributed by atoms with E-state index >= 15 is 0 Å². The summed E-state index contributed by atoms with van der Waals surface area (Å²) in [5.41, 5.74) is 3.60. The fourth-order valence-corrected chi connectivity index (χ4v) is 5.15. The molecule has 1 saturated heterocycles.